The van der Waals surface area contributed by atoms with Crippen LogP contribution >= 0.6 is 34.5 Å². The van der Waals surface area contributed by atoms with Gasteiger partial charge in [-0.3, -0.25) is 9.59 Å². The molecule has 0 radical (unpaired) electrons. The standard InChI is InChI=1S/C17H17Cl2N3O2S/c1-2-22-4-3-12-13(8-22)25-17(14(12)15(20)23)21-16(24)9-5-10(18)7-11(19)6-9/h5-7H,2-4,8H2,1H3,(H2,20,23)(H,21,24)/p+1. The molecule has 2 heterocycles. The molecule has 1 aliphatic rings. The summed E-state index contributed by atoms with van der Waals surface area (Å²) in [5.41, 5.74) is 7.31. The smallest absolute Gasteiger partial charge is 0.256 e. The highest BCUT2D eigenvalue weighted by Crippen LogP contribution is 2.35. The van der Waals surface area contributed by atoms with Gasteiger partial charge in [0.05, 0.1) is 23.5 Å². The van der Waals surface area contributed by atoms with Crippen molar-refractivity contribution in [2.75, 3.05) is 18.4 Å². The largest absolute Gasteiger partial charge is 0.365 e. The molecule has 2 amide bonds. The minimum absolute atomic E-state index is 0.333. The minimum atomic E-state index is -0.517. The molecule has 4 N–H and O–H groups in total. The quantitative estimate of drug-likeness (QED) is 0.739. The molecule has 0 bridgehead atoms. The van der Waals surface area contributed by atoms with E-state index in [1.54, 1.807) is 6.07 Å². The Morgan fingerprint density at radius 3 is 2.56 bits per heavy atom. The molecule has 0 saturated carbocycles. The van der Waals surface area contributed by atoms with Crippen molar-refractivity contribution in [2.45, 2.75) is 19.9 Å². The van der Waals surface area contributed by atoms with Crippen LogP contribution in [-0.4, -0.2) is 24.9 Å². The first-order valence-corrected chi connectivity index (χ1v) is 9.51. The van der Waals surface area contributed by atoms with Crippen LogP contribution in [0.4, 0.5) is 5.00 Å². The number of carbonyl (C=O) groups is 2. The van der Waals surface area contributed by atoms with Gasteiger partial charge in [-0.05, 0) is 30.7 Å². The van der Waals surface area contributed by atoms with Gasteiger partial charge in [-0.2, -0.15) is 0 Å². The summed E-state index contributed by atoms with van der Waals surface area (Å²) in [5, 5.41) is 4.05. The van der Waals surface area contributed by atoms with Gasteiger partial charge >= 0.3 is 0 Å². The molecular weight excluding hydrogens is 381 g/mol. The number of carbonyl (C=O) groups excluding carboxylic acids is 2. The van der Waals surface area contributed by atoms with Crippen LogP contribution in [0.15, 0.2) is 18.2 Å². The van der Waals surface area contributed by atoms with Crippen molar-refractivity contribution in [3.63, 3.8) is 0 Å². The van der Waals surface area contributed by atoms with Gasteiger partial charge in [0.25, 0.3) is 11.8 Å². The molecular formula is C17H18Cl2N3O2S+. The third-order valence-electron chi connectivity index (χ3n) is 4.33. The van der Waals surface area contributed by atoms with E-state index in [1.807, 2.05) is 0 Å². The second-order valence-electron chi connectivity index (χ2n) is 5.96. The Kier molecular flexibility index (Phi) is 5.34. The topological polar surface area (TPSA) is 76.6 Å². The molecule has 2 aromatic rings. The van der Waals surface area contributed by atoms with Crippen LogP contribution in [0.2, 0.25) is 10.0 Å². The molecule has 0 spiro atoms. The summed E-state index contributed by atoms with van der Waals surface area (Å²) in [4.78, 5) is 27.1. The van der Waals surface area contributed by atoms with Crippen molar-refractivity contribution in [2.24, 2.45) is 5.73 Å². The molecule has 0 aliphatic carbocycles. The maximum atomic E-state index is 12.5. The Bertz CT molecular complexity index is 830. The lowest BCUT2D eigenvalue weighted by atomic mass is 10.0. The first-order valence-electron chi connectivity index (χ1n) is 7.94. The van der Waals surface area contributed by atoms with Crippen molar-refractivity contribution in [1.82, 2.24) is 0 Å². The molecule has 1 aromatic heterocycles. The number of nitrogens with two attached hydrogens (primary N) is 1. The number of amides is 2. The Hall–Kier alpha value is -1.60. The van der Waals surface area contributed by atoms with Gasteiger partial charge in [-0.1, -0.05) is 23.2 Å². The highest BCUT2D eigenvalue weighted by Gasteiger charge is 2.29. The summed E-state index contributed by atoms with van der Waals surface area (Å²) >= 11 is 13.3. The predicted octanol–water partition coefficient (Wildman–Crippen LogP) is 2.37. The van der Waals surface area contributed by atoms with E-state index in [0.717, 1.165) is 36.5 Å². The van der Waals surface area contributed by atoms with E-state index < -0.39 is 5.91 Å². The lowest BCUT2D eigenvalue weighted by molar-refractivity contribution is -0.913. The number of likely N-dealkylation sites (N-methyl/N-ethyl adjacent to an activating group) is 1. The molecule has 5 nitrogen and oxygen atoms in total. The van der Waals surface area contributed by atoms with Crippen LogP contribution in [0.3, 0.4) is 0 Å². The molecule has 1 atom stereocenters. The zero-order chi connectivity index (χ0) is 18.1. The number of quaternary nitrogens is 1. The molecule has 1 aliphatic heterocycles. The van der Waals surface area contributed by atoms with Gasteiger partial charge in [0, 0.05) is 22.0 Å². The second-order valence-corrected chi connectivity index (χ2v) is 7.94. The lowest BCUT2D eigenvalue weighted by Crippen LogP contribution is -3.11. The third-order valence-corrected chi connectivity index (χ3v) is 5.91. The monoisotopic (exact) mass is 398 g/mol. The van der Waals surface area contributed by atoms with Gasteiger partial charge in [0.2, 0.25) is 0 Å². The van der Waals surface area contributed by atoms with Crippen LogP contribution < -0.4 is 16.0 Å². The molecule has 0 fully saturated rings. The van der Waals surface area contributed by atoms with E-state index in [4.69, 9.17) is 28.9 Å². The average Bonchev–Trinajstić information content (AvgIpc) is 2.90. The first kappa shape index (κ1) is 18.2. The number of fused-ring (bicyclic) bond motifs is 1. The summed E-state index contributed by atoms with van der Waals surface area (Å²) in [6.07, 6.45) is 0.784. The second kappa shape index (κ2) is 7.33. The molecule has 8 heteroatoms. The van der Waals surface area contributed by atoms with Gasteiger partial charge < -0.3 is 16.0 Å². The van der Waals surface area contributed by atoms with Crippen molar-refractivity contribution in [3.8, 4) is 0 Å². The lowest BCUT2D eigenvalue weighted by Gasteiger charge is -2.22. The third kappa shape index (κ3) is 3.82. The maximum absolute atomic E-state index is 12.5. The number of nitrogens with one attached hydrogen (secondary N) is 2. The van der Waals surface area contributed by atoms with E-state index in [1.165, 1.54) is 28.4 Å². The zero-order valence-corrected chi connectivity index (χ0v) is 15.9. The highest BCUT2D eigenvalue weighted by atomic mass is 35.5. The van der Waals surface area contributed by atoms with Crippen LogP contribution in [-0.2, 0) is 13.0 Å². The summed E-state index contributed by atoms with van der Waals surface area (Å²) in [5.74, 6) is -0.887. The van der Waals surface area contributed by atoms with Gasteiger partial charge in [-0.25, -0.2) is 0 Å². The summed E-state index contributed by atoms with van der Waals surface area (Å²) < 4.78 is 0. The molecule has 132 valence electrons. The van der Waals surface area contributed by atoms with Gasteiger partial charge in [0.1, 0.15) is 11.5 Å². The number of hydrogen-bond acceptors (Lipinski definition) is 3. The maximum Gasteiger partial charge on any atom is 0.256 e. The average molecular weight is 399 g/mol. The fourth-order valence-electron chi connectivity index (χ4n) is 3.05. The SMILES string of the molecule is CC[NH+]1CCc2c(sc(NC(=O)c3cc(Cl)cc(Cl)c3)c2C(N)=O)C1. The van der Waals surface area contributed by atoms with Crippen LogP contribution in [0.25, 0.3) is 0 Å². The van der Waals surface area contributed by atoms with E-state index in [-0.39, 0.29) is 5.91 Å². The van der Waals surface area contributed by atoms with E-state index in [2.05, 4.69) is 12.2 Å². The Morgan fingerprint density at radius 1 is 1.28 bits per heavy atom. The zero-order valence-electron chi connectivity index (χ0n) is 13.6. The molecule has 1 aromatic carbocycles. The minimum Gasteiger partial charge on any atom is -0.365 e. The Balaban J connectivity index is 1.93. The van der Waals surface area contributed by atoms with Crippen molar-refractivity contribution in [3.05, 3.63) is 49.8 Å². The number of primary amides is 1. The van der Waals surface area contributed by atoms with Crippen molar-refractivity contribution in [1.29, 1.82) is 0 Å². The number of hydrogen-bond donors (Lipinski definition) is 3. The van der Waals surface area contributed by atoms with Gasteiger partial charge in [-0.15, -0.1) is 11.3 Å². The Labute approximate surface area is 159 Å². The van der Waals surface area contributed by atoms with Crippen LogP contribution in [0.5, 0.6) is 0 Å². The summed E-state index contributed by atoms with van der Waals surface area (Å²) in [6, 6.07) is 4.62. The number of benzene rings is 1. The normalized spacial score (nSPS) is 16.4. The van der Waals surface area contributed by atoms with Crippen LogP contribution in [0, 0.1) is 0 Å². The van der Waals surface area contributed by atoms with E-state index in [9.17, 15) is 9.59 Å². The number of anilines is 1. The number of thiophene rings is 1. The molecule has 1 unspecified atom stereocenters. The van der Waals surface area contributed by atoms with Crippen molar-refractivity contribution < 1.29 is 14.5 Å². The fraction of sp³-hybridized carbons (Fsp3) is 0.294. The fourth-order valence-corrected chi connectivity index (χ4v) is 4.89. The predicted molar refractivity (Wildman–Crippen MR) is 101 cm³/mol. The summed E-state index contributed by atoms with van der Waals surface area (Å²) in [7, 11) is 0. The highest BCUT2D eigenvalue weighted by molar-refractivity contribution is 7.17. The van der Waals surface area contributed by atoms with Crippen molar-refractivity contribution >= 4 is 51.4 Å². The van der Waals surface area contributed by atoms with Gasteiger partial charge in [0.15, 0.2) is 0 Å². The summed E-state index contributed by atoms with van der Waals surface area (Å²) in [6.45, 7) is 4.95. The molecule has 25 heavy (non-hydrogen) atoms. The Morgan fingerprint density at radius 2 is 1.96 bits per heavy atom. The first-order chi connectivity index (χ1) is 11.9. The molecule has 3 rings (SSSR count). The van der Waals surface area contributed by atoms with Crippen LogP contribution in [0.1, 0.15) is 38.1 Å². The van der Waals surface area contributed by atoms with E-state index >= 15 is 0 Å². The molecule has 0 saturated heterocycles. The number of rotatable bonds is 4. The number of halogens is 2. The van der Waals surface area contributed by atoms with E-state index in [0.29, 0.717) is 26.2 Å².